The topological polar surface area (TPSA) is 90.9 Å². The maximum Gasteiger partial charge on any atom is 0.258 e. The number of carbonyl (C=O) groups excluding carboxylic acids is 3. The van der Waals surface area contributed by atoms with Crippen LogP contribution >= 0.6 is 23.2 Å². The van der Waals surface area contributed by atoms with Crippen molar-refractivity contribution < 1.29 is 14.4 Å². The average Bonchev–Trinajstić information content (AvgIpc) is 3.33. The Morgan fingerprint density at radius 1 is 1.03 bits per heavy atom. The van der Waals surface area contributed by atoms with E-state index >= 15 is 0 Å². The van der Waals surface area contributed by atoms with Gasteiger partial charge in [-0.3, -0.25) is 19.4 Å². The van der Waals surface area contributed by atoms with Gasteiger partial charge in [-0.1, -0.05) is 35.8 Å². The SMILES string of the molecule is C=CC(=O)Nc1ccc(N2CCC(CC(=O)C3=NCC=C3NC(=O)c3c(Cl)cccc3Cl)CC2)cc1. The van der Waals surface area contributed by atoms with Crippen molar-refractivity contribution in [1.29, 1.82) is 0 Å². The van der Waals surface area contributed by atoms with Gasteiger partial charge in [0.1, 0.15) is 5.71 Å². The first-order valence-electron chi connectivity index (χ1n) is 11.7. The fraction of sp³-hybridized carbons (Fsp3) is 0.259. The Kier molecular flexibility index (Phi) is 8.23. The average molecular weight is 525 g/mol. The van der Waals surface area contributed by atoms with Gasteiger partial charge in [-0.25, -0.2) is 0 Å². The normalized spacial score (nSPS) is 15.7. The van der Waals surface area contributed by atoms with Gasteiger partial charge >= 0.3 is 0 Å². The molecule has 186 valence electrons. The highest BCUT2D eigenvalue weighted by atomic mass is 35.5. The van der Waals surface area contributed by atoms with Gasteiger partial charge in [0.15, 0.2) is 5.78 Å². The van der Waals surface area contributed by atoms with Gasteiger partial charge < -0.3 is 15.5 Å². The molecular formula is C27H26Cl2N4O3. The van der Waals surface area contributed by atoms with E-state index in [0.29, 0.717) is 30.1 Å². The molecule has 0 radical (unpaired) electrons. The molecular weight excluding hydrogens is 499 g/mol. The summed E-state index contributed by atoms with van der Waals surface area (Å²) in [6, 6.07) is 12.5. The van der Waals surface area contributed by atoms with Crippen molar-refractivity contribution in [2.24, 2.45) is 10.9 Å². The van der Waals surface area contributed by atoms with E-state index in [1.165, 1.54) is 6.08 Å². The van der Waals surface area contributed by atoms with Crippen molar-refractivity contribution >= 4 is 57.9 Å². The lowest BCUT2D eigenvalue weighted by Crippen LogP contribution is -2.36. The molecule has 2 aliphatic heterocycles. The molecule has 2 aromatic carbocycles. The number of allylic oxidation sites excluding steroid dienone is 1. The van der Waals surface area contributed by atoms with E-state index in [0.717, 1.165) is 31.6 Å². The molecule has 0 aliphatic carbocycles. The molecule has 4 rings (SSSR count). The Bertz CT molecular complexity index is 1230. The van der Waals surface area contributed by atoms with Crippen LogP contribution in [0.1, 0.15) is 29.6 Å². The van der Waals surface area contributed by atoms with Crippen molar-refractivity contribution in [2.75, 3.05) is 29.9 Å². The monoisotopic (exact) mass is 524 g/mol. The third kappa shape index (κ3) is 6.04. The smallest absolute Gasteiger partial charge is 0.258 e. The summed E-state index contributed by atoms with van der Waals surface area (Å²) in [5, 5.41) is 5.98. The van der Waals surface area contributed by atoms with E-state index in [4.69, 9.17) is 23.2 Å². The number of benzene rings is 2. The number of carbonyl (C=O) groups is 3. The Labute approximate surface area is 219 Å². The Morgan fingerprint density at radius 2 is 1.69 bits per heavy atom. The minimum Gasteiger partial charge on any atom is -0.372 e. The number of nitrogens with one attached hydrogen (secondary N) is 2. The maximum atomic E-state index is 13.0. The van der Waals surface area contributed by atoms with E-state index in [2.05, 4.69) is 27.1 Å². The van der Waals surface area contributed by atoms with Gasteiger partial charge in [0.2, 0.25) is 5.91 Å². The number of rotatable bonds is 8. The minimum absolute atomic E-state index is 0.0786. The Balaban J connectivity index is 1.29. The van der Waals surface area contributed by atoms with Crippen LogP contribution in [-0.4, -0.2) is 42.9 Å². The van der Waals surface area contributed by atoms with E-state index in [-0.39, 0.29) is 33.2 Å². The number of amides is 2. The molecule has 1 saturated heterocycles. The largest absolute Gasteiger partial charge is 0.372 e. The van der Waals surface area contributed by atoms with Crippen LogP contribution in [0.25, 0.3) is 0 Å². The summed E-state index contributed by atoms with van der Waals surface area (Å²) >= 11 is 12.3. The number of aliphatic imine (C=N–C) groups is 1. The van der Waals surface area contributed by atoms with Crippen molar-refractivity contribution in [2.45, 2.75) is 19.3 Å². The van der Waals surface area contributed by atoms with Crippen LogP contribution in [-0.2, 0) is 9.59 Å². The molecule has 7 nitrogen and oxygen atoms in total. The fourth-order valence-electron chi connectivity index (χ4n) is 4.36. The summed E-state index contributed by atoms with van der Waals surface area (Å²) < 4.78 is 0. The molecule has 36 heavy (non-hydrogen) atoms. The second-order valence-electron chi connectivity index (χ2n) is 8.66. The number of hydrogen-bond donors (Lipinski definition) is 2. The van der Waals surface area contributed by atoms with Crippen molar-refractivity contribution in [3.8, 4) is 0 Å². The quantitative estimate of drug-likeness (QED) is 0.472. The minimum atomic E-state index is -0.470. The number of hydrogen-bond acceptors (Lipinski definition) is 5. The van der Waals surface area contributed by atoms with Crippen molar-refractivity contribution in [3.63, 3.8) is 0 Å². The van der Waals surface area contributed by atoms with Crippen LogP contribution in [0, 0.1) is 5.92 Å². The van der Waals surface area contributed by atoms with E-state index < -0.39 is 5.91 Å². The van der Waals surface area contributed by atoms with Gasteiger partial charge in [0, 0.05) is 30.9 Å². The molecule has 0 spiro atoms. The predicted octanol–water partition coefficient (Wildman–Crippen LogP) is 5.06. The van der Waals surface area contributed by atoms with Crippen molar-refractivity contribution in [1.82, 2.24) is 5.32 Å². The number of halogens is 2. The summed E-state index contributed by atoms with van der Waals surface area (Å²) in [7, 11) is 0. The first kappa shape index (κ1) is 25.7. The molecule has 2 N–H and O–H groups in total. The zero-order chi connectivity index (χ0) is 25.7. The summed E-state index contributed by atoms with van der Waals surface area (Å²) in [5.41, 5.74) is 2.66. The highest BCUT2D eigenvalue weighted by molar-refractivity contribution is 6.47. The summed E-state index contributed by atoms with van der Waals surface area (Å²) in [4.78, 5) is 43.8. The van der Waals surface area contributed by atoms with Crippen LogP contribution < -0.4 is 15.5 Å². The van der Waals surface area contributed by atoms with Crippen LogP contribution in [0.2, 0.25) is 10.0 Å². The summed E-state index contributed by atoms with van der Waals surface area (Å²) in [6.45, 7) is 5.45. The molecule has 2 aliphatic rings. The van der Waals surface area contributed by atoms with Gasteiger partial charge in [-0.15, -0.1) is 0 Å². The van der Waals surface area contributed by atoms with Crippen molar-refractivity contribution in [3.05, 3.63) is 82.5 Å². The van der Waals surface area contributed by atoms with Gasteiger partial charge in [-0.05, 0) is 67.3 Å². The van der Waals surface area contributed by atoms with Gasteiger partial charge in [0.05, 0.1) is 27.9 Å². The second kappa shape index (κ2) is 11.5. The Hall–Kier alpha value is -3.42. The van der Waals surface area contributed by atoms with E-state index in [1.807, 2.05) is 24.3 Å². The fourth-order valence-corrected chi connectivity index (χ4v) is 4.93. The highest BCUT2D eigenvalue weighted by Gasteiger charge is 2.28. The molecule has 0 unspecified atom stereocenters. The molecule has 1 fully saturated rings. The van der Waals surface area contributed by atoms with Gasteiger partial charge in [0.25, 0.3) is 5.91 Å². The molecule has 0 atom stereocenters. The molecule has 2 aromatic rings. The first-order chi connectivity index (χ1) is 17.4. The molecule has 0 aromatic heterocycles. The predicted molar refractivity (Wildman–Crippen MR) is 144 cm³/mol. The van der Waals surface area contributed by atoms with Crippen LogP contribution in [0.4, 0.5) is 11.4 Å². The molecule has 0 bridgehead atoms. The second-order valence-corrected chi connectivity index (χ2v) is 9.47. The zero-order valence-corrected chi connectivity index (χ0v) is 21.1. The zero-order valence-electron chi connectivity index (χ0n) is 19.6. The molecule has 2 heterocycles. The standard InChI is InChI=1S/C27H26Cl2N4O3/c1-2-24(35)31-18-6-8-19(9-7-18)33-14-11-17(12-15-33)16-23(34)26-22(10-13-30-26)32-27(36)25-20(28)4-3-5-21(25)29/h2-10,17H,1,11-16H2,(H,31,35)(H,32,36). The van der Waals surface area contributed by atoms with Crippen LogP contribution in [0.15, 0.2) is 71.9 Å². The highest BCUT2D eigenvalue weighted by Crippen LogP contribution is 2.28. The third-order valence-corrected chi connectivity index (χ3v) is 6.91. The summed E-state index contributed by atoms with van der Waals surface area (Å²) in [6.07, 6.45) is 5.07. The lowest BCUT2D eigenvalue weighted by Gasteiger charge is -2.33. The first-order valence-corrected chi connectivity index (χ1v) is 12.4. The van der Waals surface area contributed by atoms with Crippen LogP contribution in [0.5, 0.6) is 0 Å². The number of ketones is 1. The number of anilines is 2. The Morgan fingerprint density at radius 3 is 2.33 bits per heavy atom. The molecule has 9 heteroatoms. The third-order valence-electron chi connectivity index (χ3n) is 6.28. The number of nitrogens with zero attached hydrogens (tertiary/aromatic N) is 2. The lowest BCUT2D eigenvalue weighted by molar-refractivity contribution is -0.114. The van der Waals surface area contributed by atoms with E-state index in [9.17, 15) is 14.4 Å². The van der Waals surface area contributed by atoms with Gasteiger partial charge in [-0.2, -0.15) is 0 Å². The summed E-state index contributed by atoms with van der Waals surface area (Å²) in [5.74, 6) is -0.559. The lowest BCUT2D eigenvalue weighted by atomic mass is 9.90. The number of piperidine rings is 1. The molecule has 0 saturated carbocycles. The molecule has 2 amide bonds. The van der Waals surface area contributed by atoms with Crippen LogP contribution in [0.3, 0.4) is 0 Å². The number of Topliss-reactive ketones (excluding diaryl/α,β-unsaturated/α-hetero) is 1. The maximum absolute atomic E-state index is 13.0. The van der Waals surface area contributed by atoms with E-state index in [1.54, 1.807) is 24.3 Å².